The zero-order valence-corrected chi connectivity index (χ0v) is 17.4. The standard InChI is InChI=1S/C23H23N5O3/c1-16-12-15-27(17-8-3-4-9-18(17)31-2)23(30)21(16)22(29)24-13-7-11-20-26-25-19-10-5-6-14-28(19)20/h3-6,8-10,12,14-15H,7,11,13H2,1-2H3,(H,24,29). The molecular weight excluding hydrogens is 394 g/mol. The number of amides is 1. The summed E-state index contributed by atoms with van der Waals surface area (Å²) in [4.78, 5) is 25.9. The number of benzene rings is 1. The monoisotopic (exact) mass is 417 g/mol. The lowest BCUT2D eigenvalue weighted by atomic mass is 10.1. The van der Waals surface area contributed by atoms with Gasteiger partial charge in [-0.15, -0.1) is 10.2 Å². The molecule has 0 saturated carbocycles. The van der Waals surface area contributed by atoms with Crippen molar-refractivity contribution in [2.45, 2.75) is 19.8 Å². The number of pyridine rings is 2. The van der Waals surface area contributed by atoms with Gasteiger partial charge in [-0.05, 0) is 49.2 Å². The SMILES string of the molecule is COc1ccccc1-n1ccc(C)c(C(=O)NCCCc2nnc3ccccn23)c1=O. The van der Waals surface area contributed by atoms with Crippen molar-refractivity contribution in [2.75, 3.05) is 13.7 Å². The lowest BCUT2D eigenvalue weighted by Crippen LogP contribution is -2.34. The highest BCUT2D eigenvalue weighted by Gasteiger charge is 2.17. The average Bonchev–Trinajstić information content (AvgIpc) is 3.20. The van der Waals surface area contributed by atoms with E-state index in [9.17, 15) is 9.59 Å². The van der Waals surface area contributed by atoms with Gasteiger partial charge in [-0.3, -0.25) is 18.6 Å². The molecule has 0 aliphatic carbocycles. The highest BCUT2D eigenvalue weighted by atomic mass is 16.5. The maximum absolute atomic E-state index is 13.1. The number of para-hydroxylation sites is 2. The molecule has 8 heteroatoms. The number of aryl methyl sites for hydroxylation is 2. The Labute approximate surface area is 179 Å². The third kappa shape index (κ3) is 4.05. The molecule has 0 unspecified atom stereocenters. The van der Waals surface area contributed by atoms with E-state index in [0.717, 1.165) is 11.5 Å². The topological polar surface area (TPSA) is 90.5 Å². The Balaban J connectivity index is 1.48. The third-order valence-corrected chi connectivity index (χ3v) is 5.12. The number of fused-ring (bicyclic) bond motifs is 1. The van der Waals surface area contributed by atoms with Crippen LogP contribution in [-0.4, -0.2) is 38.7 Å². The third-order valence-electron chi connectivity index (χ3n) is 5.12. The van der Waals surface area contributed by atoms with Crippen molar-refractivity contribution >= 4 is 11.6 Å². The van der Waals surface area contributed by atoms with Crippen LogP contribution in [-0.2, 0) is 6.42 Å². The molecule has 4 aromatic rings. The first kappa shape index (κ1) is 20.3. The highest BCUT2D eigenvalue weighted by Crippen LogP contribution is 2.21. The first-order valence-corrected chi connectivity index (χ1v) is 10.0. The van der Waals surface area contributed by atoms with Gasteiger partial charge in [0.15, 0.2) is 5.65 Å². The first-order chi connectivity index (χ1) is 15.1. The summed E-state index contributed by atoms with van der Waals surface area (Å²) in [5, 5.41) is 11.2. The number of hydrogen-bond acceptors (Lipinski definition) is 5. The normalized spacial score (nSPS) is 10.9. The average molecular weight is 417 g/mol. The van der Waals surface area contributed by atoms with Crippen molar-refractivity contribution in [2.24, 2.45) is 0 Å². The van der Waals surface area contributed by atoms with E-state index in [0.29, 0.717) is 36.4 Å². The van der Waals surface area contributed by atoms with Crippen LogP contribution < -0.4 is 15.6 Å². The smallest absolute Gasteiger partial charge is 0.268 e. The molecule has 31 heavy (non-hydrogen) atoms. The van der Waals surface area contributed by atoms with Crippen molar-refractivity contribution in [1.82, 2.24) is 24.5 Å². The van der Waals surface area contributed by atoms with Gasteiger partial charge in [0.1, 0.15) is 17.1 Å². The lowest BCUT2D eigenvalue weighted by molar-refractivity contribution is 0.0950. The summed E-state index contributed by atoms with van der Waals surface area (Å²) in [6.45, 7) is 2.17. The Morgan fingerprint density at radius 3 is 2.71 bits per heavy atom. The van der Waals surface area contributed by atoms with E-state index in [2.05, 4.69) is 15.5 Å². The molecule has 0 spiro atoms. The van der Waals surface area contributed by atoms with Crippen LogP contribution in [0.1, 0.15) is 28.2 Å². The van der Waals surface area contributed by atoms with Gasteiger partial charge in [-0.25, -0.2) is 0 Å². The van der Waals surface area contributed by atoms with Crippen LogP contribution in [0.15, 0.2) is 65.7 Å². The summed E-state index contributed by atoms with van der Waals surface area (Å²) in [6, 6.07) is 14.7. The summed E-state index contributed by atoms with van der Waals surface area (Å²) in [7, 11) is 1.55. The zero-order chi connectivity index (χ0) is 21.8. The van der Waals surface area contributed by atoms with Crippen molar-refractivity contribution in [3.05, 3.63) is 88.2 Å². The molecule has 0 aliphatic heterocycles. The van der Waals surface area contributed by atoms with Crippen molar-refractivity contribution in [3.63, 3.8) is 0 Å². The fourth-order valence-corrected chi connectivity index (χ4v) is 3.52. The second kappa shape index (κ2) is 8.83. The number of carbonyl (C=O) groups is 1. The number of nitrogens with zero attached hydrogens (tertiary/aromatic N) is 4. The van der Waals surface area contributed by atoms with Crippen LogP contribution in [0.4, 0.5) is 0 Å². The molecule has 0 saturated heterocycles. The molecule has 1 amide bonds. The van der Waals surface area contributed by atoms with Crippen molar-refractivity contribution in [1.29, 1.82) is 0 Å². The zero-order valence-electron chi connectivity index (χ0n) is 17.4. The molecule has 3 heterocycles. The molecule has 0 bridgehead atoms. The van der Waals surface area contributed by atoms with Gasteiger partial charge in [0, 0.05) is 25.4 Å². The quantitative estimate of drug-likeness (QED) is 0.467. The number of aromatic nitrogens is 4. The molecule has 0 atom stereocenters. The van der Waals surface area contributed by atoms with Crippen LogP contribution in [0.25, 0.3) is 11.3 Å². The van der Waals surface area contributed by atoms with Crippen LogP contribution in [0, 0.1) is 6.92 Å². The van der Waals surface area contributed by atoms with Crippen LogP contribution >= 0.6 is 0 Å². The molecule has 0 radical (unpaired) electrons. The minimum absolute atomic E-state index is 0.126. The molecule has 8 nitrogen and oxygen atoms in total. The molecule has 158 valence electrons. The molecular formula is C23H23N5O3. The molecule has 0 aliphatic rings. The number of rotatable bonds is 7. The summed E-state index contributed by atoms with van der Waals surface area (Å²) in [6.07, 6.45) is 4.90. The van der Waals surface area contributed by atoms with Crippen molar-refractivity contribution in [3.8, 4) is 11.4 Å². The van der Waals surface area contributed by atoms with Gasteiger partial charge in [-0.2, -0.15) is 0 Å². The van der Waals surface area contributed by atoms with Gasteiger partial charge in [0.05, 0.1) is 12.8 Å². The van der Waals surface area contributed by atoms with Gasteiger partial charge in [-0.1, -0.05) is 18.2 Å². The van der Waals surface area contributed by atoms with E-state index in [1.165, 1.54) is 4.57 Å². The second-order valence-electron chi connectivity index (χ2n) is 7.13. The van der Waals surface area contributed by atoms with Crippen LogP contribution in [0.3, 0.4) is 0 Å². The fraction of sp³-hybridized carbons (Fsp3) is 0.217. The van der Waals surface area contributed by atoms with E-state index >= 15 is 0 Å². The van der Waals surface area contributed by atoms with E-state index in [-0.39, 0.29) is 11.1 Å². The Bertz CT molecular complexity index is 1290. The molecule has 3 aromatic heterocycles. The fourth-order valence-electron chi connectivity index (χ4n) is 3.52. The summed E-state index contributed by atoms with van der Waals surface area (Å²) < 4.78 is 8.72. The predicted molar refractivity (Wildman–Crippen MR) is 117 cm³/mol. The van der Waals surface area contributed by atoms with Gasteiger partial charge in [0.2, 0.25) is 0 Å². The number of hydrogen-bond donors (Lipinski definition) is 1. The van der Waals surface area contributed by atoms with E-state index in [4.69, 9.17) is 4.74 Å². The second-order valence-corrected chi connectivity index (χ2v) is 7.13. The van der Waals surface area contributed by atoms with Crippen LogP contribution in [0.2, 0.25) is 0 Å². The largest absolute Gasteiger partial charge is 0.495 e. The Kier molecular flexibility index (Phi) is 5.79. The first-order valence-electron chi connectivity index (χ1n) is 10.0. The maximum atomic E-state index is 13.1. The van der Waals surface area contributed by atoms with E-state index < -0.39 is 5.91 Å². The highest BCUT2D eigenvalue weighted by molar-refractivity contribution is 5.95. The van der Waals surface area contributed by atoms with E-state index in [1.54, 1.807) is 38.4 Å². The van der Waals surface area contributed by atoms with Crippen LogP contribution in [0.5, 0.6) is 5.75 Å². The number of nitrogens with one attached hydrogen (secondary N) is 1. The summed E-state index contributed by atoms with van der Waals surface area (Å²) in [5.41, 5.74) is 1.74. The van der Waals surface area contributed by atoms with Gasteiger partial charge >= 0.3 is 0 Å². The predicted octanol–water partition coefficient (Wildman–Crippen LogP) is 2.56. The lowest BCUT2D eigenvalue weighted by Gasteiger charge is -2.13. The van der Waals surface area contributed by atoms with E-state index in [1.807, 2.05) is 40.9 Å². The summed E-state index contributed by atoms with van der Waals surface area (Å²) in [5.74, 6) is 0.998. The summed E-state index contributed by atoms with van der Waals surface area (Å²) >= 11 is 0. The maximum Gasteiger partial charge on any atom is 0.268 e. The Hall–Kier alpha value is -3.94. The molecule has 1 N–H and O–H groups in total. The number of methoxy groups -OCH3 is 1. The Morgan fingerprint density at radius 2 is 1.87 bits per heavy atom. The minimum atomic E-state index is -0.391. The minimum Gasteiger partial charge on any atom is -0.495 e. The number of ether oxygens (including phenoxy) is 1. The Morgan fingerprint density at radius 1 is 1.06 bits per heavy atom. The van der Waals surface area contributed by atoms with Gasteiger partial charge < -0.3 is 10.1 Å². The van der Waals surface area contributed by atoms with Gasteiger partial charge in [0.25, 0.3) is 11.5 Å². The van der Waals surface area contributed by atoms with Crippen molar-refractivity contribution < 1.29 is 9.53 Å². The molecule has 1 aromatic carbocycles. The number of carbonyl (C=O) groups excluding carboxylic acids is 1. The molecule has 4 rings (SSSR count). The molecule has 0 fully saturated rings.